The summed E-state index contributed by atoms with van der Waals surface area (Å²) < 4.78 is 14.0. The number of hydrogen-bond acceptors (Lipinski definition) is 2. The van der Waals surface area contributed by atoms with Crippen LogP contribution in [-0.2, 0) is 22.4 Å². The van der Waals surface area contributed by atoms with E-state index in [1.165, 1.54) is 23.8 Å². The SMILES string of the molecule is O=C(O)CC(NC(=O)C1CCc2ccccc2C1)c1ccccc1F. The van der Waals surface area contributed by atoms with Crippen LogP contribution in [-0.4, -0.2) is 17.0 Å². The van der Waals surface area contributed by atoms with E-state index in [2.05, 4.69) is 11.4 Å². The van der Waals surface area contributed by atoms with Crippen LogP contribution in [0.4, 0.5) is 4.39 Å². The summed E-state index contributed by atoms with van der Waals surface area (Å²) in [7, 11) is 0. The number of carbonyl (C=O) groups is 2. The fourth-order valence-electron chi connectivity index (χ4n) is 3.38. The van der Waals surface area contributed by atoms with Gasteiger partial charge >= 0.3 is 5.97 Å². The summed E-state index contributed by atoms with van der Waals surface area (Å²) in [4.78, 5) is 23.8. The Morgan fingerprint density at radius 3 is 2.52 bits per heavy atom. The second-order valence-electron chi connectivity index (χ2n) is 6.39. The van der Waals surface area contributed by atoms with Crippen molar-refractivity contribution in [2.24, 2.45) is 5.92 Å². The number of fused-ring (bicyclic) bond motifs is 1. The van der Waals surface area contributed by atoms with Crippen molar-refractivity contribution < 1.29 is 19.1 Å². The predicted molar refractivity (Wildman–Crippen MR) is 91.5 cm³/mol. The Balaban J connectivity index is 1.75. The van der Waals surface area contributed by atoms with E-state index in [9.17, 15) is 14.0 Å². The first-order valence-corrected chi connectivity index (χ1v) is 8.38. The summed E-state index contributed by atoms with van der Waals surface area (Å²) >= 11 is 0. The van der Waals surface area contributed by atoms with Crippen molar-refractivity contribution in [3.63, 3.8) is 0 Å². The average Bonchev–Trinajstić information content (AvgIpc) is 2.60. The zero-order chi connectivity index (χ0) is 17.8. The second kappa shape index (κ2) is 7.47. The molecule has 0 bridgehead atoms. The maximum absolute atomic E-state index is 14.0. The highest BCUT2D eigenvalue weighted by atomic mass is 19.1. The molecule has 25 heavy (non-hydrogen) atoms. The third kappa shape index (κ3) is 4.05. The van der Waals surface area contributed by atoms with Gasteiger partial charge in [0.2, 0.25) is 5.91 Å². The lowest BCUT2D eigenvalue weighted by Gasteiger charge is -2.26. The number of carbonyl (C=O) groups excluding carboxylic acids is 1. The lowest BCUT2D eigenvalue weighted by atomic mass is 9.83. The van der Waals surface area contributed by atoms with E-state index in [1.54, 1.807) is 6.07 Å². The quantitative estimate of drug-likeness (QED) is 0.877. The normalized spacial score (nSPS) is 17.4. The molecule has 0 spiro atoms. The first-order chi connectivity index (χ1) is 12.0. The lowest BCUT2D eigenvalue weighted by Crippen LogP contribution is -2.37. The van der Waals surface area contributed by atoms with Gasteiger partial charge in [-0.2, -0.15) is 0 Å². The Morgan fingerprint density at radius 2 is 1.80 bits per heavy atom. The van der Waals surface area contributed by atoms with E-state index >= 15 is 0 Å². The molecule has 0 saturated carbocycles. The Hall–Kier alpha value is -2.69. The highest BCUT2D eigenvalue weighted by molar-refractivity contribution is 5.80. The molecule has 1 aliphatic carbocycles. The Morgan fingerprint density at radius 1 is 1.12 bits per heavy atom. The molecule has 1 aliphatic rings. The van der Waals surface area contributed by atoms with Crippen LogP contribution in [0.15, 0.2) is 48.5 Å². The smallest absolute Gasteiger partial charge is 0.305 e. The third-order valence-electron chi connectivity index (χ3n) is 4.69. The summed E-state index contributed by atoms with van der Waals surface area (Å²) in [6.07, 6.45) is 1.80. The zero-order valence-electron chi connectivity index (χ0n) is 13.7. The molecule has 1 amide bonds. The number of amides is 1. The third-order valence-corrected chi connectivity index (χ3v) is 4.69. The molecule has 5 heteroatoms. The van der Waals surface area contributed by atoms with Gasteiger partial charge in [-0.1, -0.05) is 42.5 Å². The van der Waals surface area contributed by atoms with E-state index in [0.29, 0.717) is 12.8 Å². The van der Waals surface area contributed by atoms with Crippen LogP contribution >= 0.6 is 0 Å². The Labute approximate surface area is 145 Å². The standard InChI is InChI=1S/C20H20FNO3/c21-17-8-4-3-7-16(17)18(12-19(23)24)22-20(25)15-10-9-13-5-1-2-6-14(13)11-15/h1-8,15,18H,9-12H2,(H,22,25)(H,23,24). The lowest BCUT2D eigenvalue weighted by molar-refractivity contribution is -0.138. The minimum Gasteiger partial charge on any atom is -0.481 e. The van der Waals surface area contributed by atoms with Crippen molar-refractivity contribution in [2.75, 3.05) is 0 Å². The molecular weight excluding hydrogens is 321 g/mol. The molecule has 3 rings (SSSR count). The maximum atomic E-state index is 14.0. The molecule has 0 heterocycles. The van der Waals surface area contributed by atoms with Crippen LogP contribution in [0.5, 0.6) is 0 Å². The van der Waals surface area contributed by atoms with E-state index in [1.807, 2.05) is 18.2 Å². The van der Waals surface area contributed by atoms with E-state index < -0.39 is 17.8 Å². The van der Waals surface area contributed by atoms with Gasteiger partial charge in [0.05, 0.1) is 12.5 Å². The van der Waals surface area contributed by atoms with Gasteiger partial charge in [-0.15, -0.1) is 0 Å². The van der Waals surface area contributed by atoms with Gasteiger partial charge in [-0.3, -0.25) is 9.59 Å². The van der Waals surface area contributed by atoms with Gasteiger partial charge in [0, 0.05) is 11.5 Å². The van der Waals surface area contributed by atoms with Crippen LogP contribution in [0.2, 0.25) is 0 Å². The summed E-state index contributed by atoms with van der Waals surface area (Å²) in [6, 6.07) is 13.1. The maximum Gasteiger partial charge on any atom is 0.305 e. The van der Waals surface area contributed by atoms with Gasteiger partial charge in [-0.05, 0) is 36.5 Å². The van der Waals surface area contributed by atoms with Gasteiger partial charge in [0.25, 0.3) is 0 Å². The molecular formula is C20H20FNO3. The second-order valence-corrected chi connectivity index (χ2v) is 6.39. The highest BCUT2D eigenvalue weighted by Gasteiger charge is 2.28. The molecule has 2 aromatic carbocycles. The summed E-state index contributed by atoms with van der Waals surface area (Å²) in [5.41, 5.74) is 2.60. The van der Waals surface area contributed by atoms with Crippen molar-refractivity contribution in [3.05, 3.63) is 71.0 Å². The number of benzene rings is 2. The van der Waals surface area contributed by atoms with Crippen LogP contribution < -0.4 is 5.32 Å². The minimum atomic E-state index is -1.08. The molecule has 0 radical (unpaired) electrons. The zero-order valence-corrected chi connectivity index (χ0v) is 13.7. The van der Waals surface area contributed by atoms with Crippen molar-refractivity contribution in [1.29, 1.82) is 0 Å². The number of rotatable bonds is 5. The Kier molecular flexibility index (Phi) is 5.12. The highest BCUT2D eigenvalue weighted by Crippen LogP contribution is 2.27. The topological polar surface area (TPSA) is 66.4 Å². The first kappa shape index (κ1) is 17.1. The molecule has 0 aliphatic heterocycles. The number of nitrogens with one attached hydrogen (secondary N) is 1. The van der Waals surface area contributed by atoms with Crippen LogP contribution in [0.3, 0.4) is 0 Å². The molecule has 0 fully saturated rings. The van der Waals surface area contributed by atoms with E-state index in [4.69, 9.17) is 5.11 Å². The molecule has 0 saturated heterocycles. The Bertz CT molecular complexity index is 790. The van der Waals surface area contributed by atoms with Crippen molar-refractivity contribution >= 4 is 11.9 Å². The summed E-state index contributed by atoms with van der Waals surface area (Å²) in [5.74, 6) is -2.03. The van der Waals surface area contributed by atoms with Crippen LogP contribution in [0.1, 0.15) is 35.6 Å². The molecule has 130 valence electrons. The largest absolute Gasteiger partial charge is 0.481 e. The average molecular weight is 341 g/mol. The molecule has 4 nitrogen and oxygen atoms in total. The van der Waals surface area contributed by atoms with Gasteiger partial charge in [-0.25, -0.2) is 4.39 Å². The van der Waals surface area contributed by atoms with Gasteiger partial charge < -0.3 is 10.4 Å². The fraction of sp³-hybridized carbons (Fsp3) is 0.300. The fourth-order valence-corrected chi connectivity index (χ4v) is 3.38. The molecule has 0 aromatic heterocycles. The predicted octanol–water partition coefficient (Wildman–Crippen LogP) is 3.26. The molecule has 2 N–H and O–H groups in total. The monoisotopic (exact) mass is 341 g/mol. The van der Waals surface area contributed by atoms with Crippen molar-refractivity contribution in [1.82, 2.24) is 5.32 Å². The molecule has 2 atom stereocenters. The number of halogens is 1. The van der Waals surface area contributed by atoms with Crippen LogP contribution in [0, 0.1) is 11.7 Å². The van der Waals surface area contributed by atoms with Gasteiger partial charge in [0.1, 0.15) is 5.82 Å². The number of aryl methyl sites for hydroxylation is 1. The number of carboxylic acid groups (broad SMARTS) is 1. The first-order valence-electron chi connectivity index (χ1n) is 8.38. The van der Waals surface area contributed by atoms with E-state index in [0.717, 1.165) is 12.0 Å². The summed E-state index contributed by atoms with van der Waals surface area (Å²) in [5, 5.41) is 11.9. The van der Waals surface area contributed by atoms with Crippen molar-refractivity contribution in [3.8, 4) is 0 Å². The number of aliphatic carboxylic acids is 1. The minimum absolute atomic E-state index is 0.203. The summed E-state index contributed by atoms with van der Waals surface area (Å²) in [6.45, 7) is 0. The van der Waals surface area contributed by atoms with Gasteiger partial charge in [0.15, 0.2) is 0 Å². The molecule has 2 aromatic rings. The van der Waals surface area contributed by atoms with Crippen molar-refractivity contribution in [2.45, 2.75) is 31.7 Å². The number of hydrogen-bond donors (Lipinski definition) is 2. The van der Waals surface area contributed by atoms with Crippen LogP contribution in [0.25, 0.3) is 0 Å². The number of carboxylic acids is 1. The molecule has 2 unspecified atom stereocenters. The van der Waals surface area contributed by atoms with E-state index in [-0.39, 0.29) is 23.8 Å².